The third-order valence-electron chi connectivity index (χ3n) is 3.50. The lowest BCUT2D eigenvalue weighted by atomic mass is 10.1. The van der Waals surface area contributed by atoms with Gasteiger partial charge in [0.25, 0.3) is 0 Å². The number of hydrogen-bond donors (Lipinski definition) is 0. The zero-order chi connectivity index (χ0) is 13.7. The molecule has 4 aromatic rings. The molecular weight excluding hydrogens is 316 g/mol. The molecule has 0 fully saturated rings. The van der Waals surface area contributed by atoms with Crippen LogP contribution < -0.4 is 5.43 Å². The van der Waals surface area contributed by atoms with Crippen LogP contribution in [0.4, 0.5) is 0 Å². The Labute approximate surface area is 122 Å². The second kappa shape index (κ2) is 4.18. The molecule has 4 rings (SSSR count). The van der Waals surface area contributed by atoms with E-state index < -0.39 is 0 Å². The summed E-state index contributed by atoms with van der Waals surface area (Å²) < 4.78 is 6.74. The van der Waals surface area contributed by atoms with Crippen molar-refractivity contribution in [3.8, 4) is 0 Å². The standard InChI is InChI=1S/C17H9BrO2/c18-12-5-6-15-14(9-12)17(19)13-7-10-3-1-2-4-11(10)8-16(13)20-15/h1-9H. The highest BCUT2D eigenvalue weighted by Crippen LogP contribution is 2.25. The summed E-state index contributed by atoms with van der Waals surface area (Å²) in [4.78, 5) is 12.6. The molecule has 0 amide bonds. The lowest BCUT2D eigenvalue weighted by Gasteiger charge is -2.04. The number of hydrogen-bond acceptors (Lipinski definition) is 2. The summed E-state index contributed by atoms with van der Waals surface area (Å²) in [5.41, 5.74) is 1.25. The first-order valence-corrected chi connectivity index (χ1v) is 7.06. The molecule has 0 radical (unpaired) electrons. The van der Waals surface area contributed by atoms with E-state index in [0.717, 1.165) is 15.2 Å². The molecule has 3 aromatic carbocycles. The van der Waals surface area contributed by atoms with Gasteiger partial charge in [0.15, 0.2) is 0 Å². The van der Waals surface area contributed by atoms with E-state index >= 15 is 0 Å². The van der Waals surface area contributed by atoms with Gasteiger partial charge in [-0.2, -0.15) is 0 Å². The van der Waals surface area contributed by atoms with E-state index in [-0.39, 0.29) is 5.43 Å². The maximum absolute atomic E-state index is 12.6. The Balaban J connectivity index is 2.26. The van der Waals surface area contributed by atoms with E-state index in [0.29, 0.717) is 21.9 Å². The first-order valence-electron chi connectivity index (χ1n) is 6.27. The predicted octanol–water partition coefficient (Wildman–Crippen LogP) is 4.86. The van der Waals surface area contributed by atoms with Crippen LogP contribution in [0.5, 0.6) is 0 Å². The predicted molar refractivity (Wildman–Crippen MR) is 85.2 cm³/mol. The molecule has 0 aliphatic heterocycles. The lowest BCUT2D eigenvalue weighted by Crippen LogP contribution is -2.02. The molecule has 0 bridgehead atoms. The van der Waals surface area contributed by atoms with Crippen LogP contribution in [-0.4, -0.2) is 0 Å². The number of fused-ring (bicyclic) bond motifs is 3. The van der Waals surface area contributed by atoms with Crippen molar-refractivity contribution in [1.82, 2.24) is 0 Å². The maximum atomic E-state index is 12.6. The molecule has 0 aliphatic rings. The van der Waals surface area contributed by atoms with Gasteiger partial charge in [0.1, 0.15) is 11.2 Å². The summed E-state index contributed by atoms with van der Waals surface area (Å²) in [6.07, 6.45) is 0. The zero-order valence-electron chi connectivity index (χ0n) is 10.4. The van der Waals surface area contributed by atoms with E-state index in [1.54, 1.807) is 6.07 Å². The van der Waals surface area contributed by atoms with Crippen LogP contribution in [0, 0.1) is 0 Å². The Hall–Kier alpha value is -2.13. The van der Waals surface area contributed by atoms with Crippen LogP contribution in [0.1, 0.15) is 0 Å². The fraction of sp³-hybridized carbons (Fsp3) is 0. The van der Waals surface area contributed by atoms with Gasteiger partial charge in [-0.3, -0.25) is 4.79 Å². The summed E-state index contributed by atoms with van der Waals surface area (Å²) in [6, 6.07) is 17.3. The maximum Gasteiger partial charge on any atom is 0.200 e. The van der Waals surface area contributed by atoms with Gasteiger partial charge in [0, 0.05) is 4.47 Å². The van der Waals surface area contributed by atoms with E-state index in [2.05, 4.69) is 15.9 Å². The molecule has 0 unspecified atom stereocenters. The summed E-state index contributed by atoms with van der Waals surface area (Å²) in [6.45, 7) is 0. The van der Waals surface area contributed by atoms with Crippen LogP contribution in [0.3, 0.4) is 0 Å². The van der Waals surface area contributed by atoms with Crippen LogP contribution in [0.2, 0.25) is 0 Å². The van der Waals surface area contributed by atoms with Gasteiger partial charge in [-0.1, -0.05) is 40.2 Å². The molecule has 20 heavy (non-hydrogen) atoms. The molecule has 0 saturated heterocycles. The van der Waals surface area contributed by atoms with Crippen molar-refractivity contribution < 1.29 is 4.42 Å². The van der Waals surface area contributed by atoms with E-state index in [1.807, 2.05) is 48.5 Å². The van der Waals surface area contributed by atoms with Crippen molar-refractivity contribution in [2.75, 3.05) is 0 Å². The summed E-state index contributed by atoms with van der Waals surface area (Å²) in [5.74, 6) is 0. The van der Waals surface area contributed by atoms with Gasteiger partial charge < -0.3 is 4.42 Å². The molecule has 2 nitrogen and oxygen atoms in total. The smallest absolute Gasteiger partial charge is 0.200 e. The number of rotatable bonds is 0. The fourth-order valence-corrected chi connectivity index (χ4v) is 2.87. The number of halogens is 1. The van der Waals surface area contributed by atoms with Gasteiger partial charge >= 0.3 is 0 Å². The Bertz CT molecular complexity index is 1030. The highest BCUT2D eigenvalue weighted by Gasteiger charge is 2.09. The average Bonchev–Trinajstić information content (AvgIpc) is 2.47. The van der Waals surface area contributed by atoms with Crippen LogP contribution >= 0.6 is 15.9 Å². The molecule has 96 valence electrons. The molecular formula is C17H9BrO2. The van der Waals surface area contributed by atoms with Gasteiger partial charge in [-0.25, -0.2) is 0 Å². The molecule has 0 N–H and O–H groups in total. The highest BCUT2D eigenvalue weighted by atomic mass is 79.9. The topological polar surface area (TPSA) is 30.2 Å². The van der Waals surface area contributed by atoms with Gasteiger partial charge in [0.05, 0.1) is 10.8 Å². The molecule has 0 saturated carbocycles. The van der Waals surface area contributed by atoms with E-state index in [1.165, 1.54) is 0 Å². The van der Waals surface area contributed by atoms with Crippen molar-refractivity contribution in [1.29, 1.82) is 0 Å². The molecule has 1 aromatic heterocycles. The Morgan fingerprint density at radius 1 is 0.800 bits per heavy atom. The molecule has 3 heteroatoms. The molecule has 1 heterocycles. The summed E-state index contributed by atoms with van der Waals surface area (Å²) in [7, 11) is 0. The largest absolute Gasteiger partial charge is 0.456 e. The van der Waals surface area contributed by atoms with Crippen LogP contribution in [-0.2, 0) is 0 Å². The summed E-state index contributed by atoms with van der Waals surface area (Å²) >= 11 is 3.39. The molecule has 0 aliphatic carbocycles. The average molecular weight is 325 g/mol. The minimum absolute atomic E-state index is 0.00769. The second-order valence-electron chi connectivity index (χ2n) is 4.77. The third kappa shape index (κ3) is 1.67. The second-order valence-corrected chi connectivity index (χ2v) is 5.68. The van der Waals surface area contributed by atoms with Crippen molar-refractivity contribution in [3.05, 3.63) is 69.3 Å². The minimum atomic E-state index is 0.00769. The van der Waals surface area contributed by atoms with Crippen molar-refractivity contribution in [3.63, 3.8) is 0 Å². The van der Waals surface area contributed by atoms with Crippen molar-refractivity contribution in [2.45, 2.75) is 0 Å². The highest BCUT2D eigenvalue weighted by molar-refractivity contribution is 9.10. The summed E-state index contributed by atoms with van der Waals surface area (Å²) in [5, 5.41) is 3.33. The Kier molecular flexibility index (Phi) is 2.44. The normalized spacial score (nSPS) is 11.4. The first kappa shape index (κ1) is 11.7. The zero-order valence-corrected chi connectivity index (χ0v) is 12.0. The van der Waals surface area contributed by atoms with Crippen molar-refractivity contribution >= 4 is 48.6 Å². The van der Waals surface area contributed by atoms with Gasteiger partial charge in [-0.15, -0.1) is 0 Å². The first-order chi connectivity index (χ1) is 9.72. The Morgan fingerprint density at radius 3 is 2.30 bits per heavy atom. The van der Waals surface area contributed by atoms with Gasteiger partial charge in [-0.05, 0) is 41.1 Å². The SMILES string of the molecule is O=c1c2cc(Br)ccc2oc2cc3ccccc3cc12. The molecule has 0 atom stereocenters. The lowest BCUT2D eigenvalue weighted by molar-refractivity contribution is 0.660. The van der Waals surface area contributed by atoms with Gasteiger partial charge in [0.2, 0.25) is 5.43 Å². The van der Waals surface area contributed by atoms with Crippen LogP contribution in [0.25, 0.3) is 32.7 Å². The van der Waals surface area contributed by atoms with E-state index in [9.17, 15) is 4.79 Å². The minimum Gasteiger partial charge on any atom is -0.456 e. The van der Waals surface area contributed by atoms with Crippen molar-refractivity contribution in [2.24, 2.45) is 0 Å². The molecule has 0 spiro atoms. The fourth-order valence-electron chi connectivity index (χ4n) is 2.51. The Morgan fingerprint density at radius 2 is 1.50 bits per heavy atom. The quantitative estimate of drug-likeness (QED) is 0.432. The van der Waals surface area contributed by atoms with Crippen LogP contribution in [0.15, 0.2) is 68.3 Å². The number of benzene rings is 3. The van der Waals surface area contributed by atoms with E-state index in [4.69, 9.17) is 4.42 Å². The third-order valence-corrected chi connectivity index (χ3v) is 3.99. The monoisotopic (exact) mass is 324 g/mol.